The summed E-state index contributed by atoms with van der Waals surface area (Å²) in [7, 11) is 0. The Kier molecular flexibility index (Phi) is 5.04. The molecule has 2 N–H and O–H groups in total. The van der Waals surface area contributed by atoms with E-state index in [0.29, 0.717) is 23.0 Å². The number of rotatable bonds is 4. The van der Waals surface area contributed by atoms with Crippen LogP contribution in [-0.4, -0.2) is 14.9 Å². The van der Waals surface area contributed by atoms with E-state index in [0.717, 1.165) is 22.2 Å². The first-order chi connectivity index (χ1) is 13.6. The molecule has 28 heavy (non-hydrogen) atoms. The van der Waals surface area contributed by atoms with E-state index in [1.54, 1.807) is 16.8 Å². The van der Waals surface area contributed by atoms with Crippen LogP contribution >= 0.6 is 12.2 Å². The SMILES string of the molecule is Cc1cc(NC(=S)Nc2cccc3ccccc23)nn1Cc1ccccc1F. The van der Waals surface area contributed by atoms with E-state index in [9.17, 15) is 4.39 Å². The highest BCUT2D eigenvalue weighted by Crippen LogP contribution is 2.23. The van der Waals surface area contributed by atoms with Gasteiger partial charge in [0.25, 0.3) is 0 Å². The topological polar surface area (TPSA) is 41.9 Å². The predicted molar refractivity (Wildman–Crippen MR) is 116 cm³/mol. The number of benzene rings is 3. The van der Waals surface area contributed by atoms with Crippen molar-refractivity contribution in [2.24, 2.45) is 0 Å². The molecule has 0 unspecified atom stereocenters. The van der Waals surface area contributed by atoms with Gasteiger partial charge in [0.15, 0.2) is 10.9 Å². The van der Waals surface area contributed by atoms with Crippen LogP contribution in [0.15, 0.2) is 72.8 Å². The summed E-state index contributed by atoms with van der Waals surface area (Å²) in [6.07, 6.45) is 0. The van der Waals surface area contributed by atoms with Gasteiger partial charge in [0, 0.05) is 28.4 Å². The number of halogens is 1. The molecular weight excluding hydrogens is 371 g/mol. The van der Waals surface area contributed by atoms with Crippen LogP contribution in [0.4, 0.5) is 15.9 Å². The van der Waals surface area contributed by atoms with Crippen molar-refractivity contribution in [2.45, 2.75) is 13.5 Å². The zero-order chi connectivity index (χ0) is 19.5. The van der Waals surface area contributed by atoms with Crippen molar-refractivity contribution in [1.82, 2.24) is 9.78 Å². The van der Waals surface area contributed by atoms with Gasteiger partial charge in [-0.25, -0.2) is 4.39 Å². The van der Waals surface area contributed by atoms with Gasteiger partial charge in [-0.15, -0.1) is 0 Å². The Labute approximate surface area is 168 Å². The monoisotopic (exact) mass is 390 g/mol. The maximum absolute atomic E-state index is 13.9. The summed E-state index contributed by atoms with van der Waals surface area (Å²) < 4.78 is 15.7. The van der Waals surface area contributed by atoms with Crippen molar-refractivity contribution in [2.75, 3.05) is 10.6 Å². The molecule has 0 saturated carbocycles. The lowest BCUT2D eigenvalue weighted by atomic mass is 10.1. The summed E-state index contributed by atoms with van der Waals surface area (Å²) in [5.74, 6) is 0.381. The van der Waals surface area contributed by atoms with Crippen LogP contribution in [0.3, 0.4) is 0 Å². The predicted octanol–water partition coefficient (Wildman–Crippen LogP) is 5.34. The molecule has 0 bridgehead atoms. The molecule has 4 aromatic rings. The Morgan fingerprint density at radius 3 is 2.61 bits per heavy atom. The molecule has 0 aliphatic carbocycles. The fraction of sp³-hybridized carbons (Fsp3) is 0.0909. The van der Waals surface area contributed by atoms with Crippen LogP contribution < -0.4 is 10.6 Å². The highest BCUT2D eigenvalue weighted by molar-refractivity contribution is 7.80. The van der Waals surface area contributed by atoms with E-state index in [-0.39, 0.29) is 5.82 Å². The maximum atomic E-state index is 13.9. The highest BCUT2D eigenvalue weighted by Gasteiger charge is 2.09. The molecule has 0 amide bonds. The van der Waals surface area contributed by atoms with Gasteiger partial charge >= 0.3 is 0 Å². The number of anilines is 2. The molecule has 1 aromatic heterocycles. The van der Waals surface area contributed by atoms with Crippen LogP contribution in [0.1, 0.15) is 11.3 Å². The van der Waals surface area contributed by atoms with Crippen LogP contribution in [-0.2, 0) is 6.54 Å². The van der Waals surface area contributed by atoms with Gasteiger partial charge in [-0.2, -0.15) is 5.10 Å². The Balaban J connectivity index is 1.48. The Hall–Kier alpha value is -3.25. The maximum Gasteiger partial charge on any atom is 0.176 e. The number of nitrogens with zero attached hydrogens (tertiary/aromatic N) is 2. The van der Waals surface area contributed by atoms with Gasteiger partial charge in [-0.1, -0.05) is 54.6 Å². The first-order valence-corrected chi connectivity index (χ1v) is 9.34. The summed E-state index contributed by atoms with van der Waals surface area (Å²) in [5, 5.41) is 13.5. The van der Waals surface area contributed by atoms with Crippen LogP contribution in [0.25, 0.3) is 10.8 Å². The number of thiocarbonyl (C=S) groups is 1. The molecule has 0 atom stereocenters. The van der Waals surface area contributed by atoms with Gasteiger partial charge in [-0.05, 0) is 36.7 Å². The van der Waals surface area contributed by atoms with Gasteiger partial charge in [-0.3, -0.25) is 4.68 Å². The third-order valence-electron chi connectivity index (χ3n) is 4.54. The first-order valence-electron chi connectivity index (χ1n) is 8.94. The van der Waals surface area contributed by atoms with Gasteiger partial charge in [0.2, 0.25) is 0 Å². The molecule has 6 heteroatoms. The normalized spacial score (nSPS) is 10.8. The number of aromatic nitrogens is 2. The van der Waals surface area contributed by atoms with Crippen molar-refractivity contribution in [1.29, 1.82) is 0 Å². The molecule has 4 rings (SSSR count). The molecule has 4 nitrogen and oxygen atoms in total. The Morgan fingerprint density at radius 2 is 1.75 bits per heavy atom. The van der Waals surface area contributed by atoms with E-state index < -0.39 is 0 Å². The lowest BCUT2D eigenvalue weighted by Gasteiger charge is -2.11. The van der Waals surface area contributed by atoms with E-state index in [1.807, 2.05) is 49.4 Å². The molecule has 0 spiro atoms. The second kappa shape index (κ2) is 7.78. The summed E-state index contributed by atoms with van der Waals surface area (Å²) in [6.45, 7) is 2.30. The van der Waals surface area contributed by atoms with Gasteiger partial charge in [0.1, 0.15) is 5.82 Å². The molecular formula is C22H19FN4S. The fourth-order valence-corrected chi connectivity index (χ4v) is 3.34. The molecule has 0 aliphatic rings. The molecule has 0 saturated heterocycles. The van der Waals surface area contributed by atoms with Gasteiger partial charge < -0.3 is 10.6 Å². The minimum Gasteiger partial charge on any atom is -0.332 e. The van der Waals surface area contributed by atoms with Crippen LogP contribution in [0.2, 0.25) is 0 Å². The van der Waals surface area contributed by atoms with E-state index >= 15 is 0 Å². The van der Waals surface area contributed by atoms with Crippen molar-refractivity contribution < 1.29 is 4.39 Å². The molecule has 0 radical (unpaired) electrons. The Morgan fingerprint density at radius 1 is 1.00 bits per heavy atom. The average Bonchev–Trinajstić information content (AvgIpc) is 3.02. The van der Waals surface area contributed by atoms with E-state index in [2.05, 4.69) is 27.9 Å². The quantitative estimate of drug-likeness (QED) is 0.462. The number of hydrogen-bond acceptors (Lipinski definition) is 2. The minimum atomic E-state index is -0.236. The highest BCUT2D eigenvalue weighted by atomic mass is 32.1. The zero-order valence-electron chi connectivity index (χ0n) is 15.3. The number of fused-ring (bicyclic) bond motifs is 1. The molecule has 3 aromatic carbocycles. The van der Waals surface area contributed by atoms with Gasteiger partial charge in [0.05, 0.1) is 6.54 Å². The lowest BCUT2D eigenvalue weighted by molar-refractivity contribution is 0.581. The third kappa shape index (κ3) is 3.87. The first kappa shape index (κ1) is 18.1. The summed E-state index contributed by atoms with van der Waals surface area (Å²) in [5.41, 5.74) is 2.44. The molecule has 0 fully saturated rings. The van der Waals surface area contributed by atoms with Crippen molar-refractivity contribution >= 4 is 39.6 Å². The largest absolute Gasteiger partial charge is 0.332 e. The third-order valence-corrected chi connectivity index (χ3v) is 4.74. The van der Waals surface area contributed by atoms with Crippen molar-refractivity contribution in [3.8, 4) is 0 Å². The van der Waals surface area contributed by atoms with Crippen LogP contribution in [0, 0.1) is 12.7 Å². The summed E-state index contributed by atoms with van der Waals surface area (Å²) >= 11 is 5.45. The second-order valence-corrected chi connectivity index (χ2v) is 6.93. The molecule has 140 valence electrons. The summed E-state index contributed by atoms with van der Waals surface area (Å²) in [6, 6.07) is 22.7. The van der Waals surface area contributed by atoms with Crippen molar-refractivity contribution in [3.05, 3.63) is 89.9 Å². The number of aryl methyl sites for hydroxylation is 1. The Bertz CT molecular complexity index is 1150. The molecule has 0 aliphatic heterocycles. The van der Waals surface area contributed by atoms with Crippen LogP contribution in [0.5, 0.6) is 0 Å². The van der Waals surface area contributed by atoms with Crippen molar-refractivity contribution in [3.63, 3.8) is 0 Å². The zero-order valence-corrected chi connectivity index (χ0v) is 16.1. The number of hydrogen-bond donors (Lipinski definition) is 2. The minimum absolute atomic E-state index is 0.236. The lowest BCUT2D eigenvalue weighted by Crippen LogP contribution is -2.19. The summed E-state index contributed by atoms with van der Waals surface area (Å²) in [4.78, 5) is 0. The number of nitrogens with one attached hydrogen (secondary N) is 2. The van der Waals surface area contributed by atoms with E-state index in [4.69, 9.17) is 12.2 Å². The molecule has 1 heterocycles. The van der Waals surface area contributed by atoms with E-state index in [1.165, 1.54) is 6.07 Å². The fourth-order valence-electron chi connectivity index (χ4n) is 3.12. The average molecular weight is 390 g/mol. The second-order valence-electron chi connectivity index (χ2n) is 6.53. The standard InChI is InChI=1S/C22H19FN4S/c1-15-13-21(26-27(15)14-17-8-3-5-11-19(17)23)25-22(28)24-20-12-6-9-16-7-2-4-10-18(16)20/h2-13H,14H2,1H3,(H2,24,25,26,28). The smallest absolute Gasteiger partial charge is 0.176 e.